The minimum atomic E-state index is -0.354. The lowest BCUT2D eigenvalue weighted by Crippen LogP contribution is -2.28. The molecule has 0 aliphatic heterocycles. The predicted octanol–water partition coefficient (Wildman–Crippen LogP) is 3.45. The maximum atomic E-state index is 12.5. The smallest absolute Gasteiger partial charge is 0.217 e. The summed E-state index contributed by atoms with van der Waals surface area (Å²) in [6.07, 6.45) is 0.217. The van der Waals surface area contributed by atoms with E-state index in [0.29, 0.717) is 5.56 Å². The molecule has 1 N–H and O–H groups in total. The van der Waals surface area contributed by atoms with E-state index in [4.69, 9.17) is 4.74 Å². The number of nitrogens with one attached hydrogen (secondary N) is 1. The van der Waals surface area contributed by atoms with Crippen LogP contribution >= 0.6 is 0 Å². The summed E-state index contributed by atoms with van der Waals surface area (Å²) >= 11 is 0. The van der Waals surface area contributed by atoms with Crippen molar-refractivity contribution in [3.8, 4) is 5.75 Å². The quantitative estimate of drug-likeness (QED) is 0.831. The molecule has 23 heavy (non-hydrogen) atoms. The van der Waals surface area contributed by atoms with Gasteiger partial charge in [-0.05, 0) is 24.6 Å². The van der Waals surface area contributed by atoms with Crippen LogP contribution in [0.15, 0.2) is 48.5 Å². The third-order valence-electron chi connectivity index (χ3n) is 3.66. The van der Waals surface area contributed by atoms with Crippen molar-refractivity contribution in [3.63, 3.8) is 0 Å². The van der Waals surface area contributed by atoms with Gasteiger partial charge in [-0.3, -0.25) is 9.59 Å². The van der Waals surface area contributed by atoms with E-state index in [1.54, 1.807) is 7.11 Å². The molecule has 0 saturated heterocycles. The summed E-state index contributed by atoms with van der Waals surface area (Å²) in [5.41, 5.74) is 2.64. The van der Waals surface area contributed by atoms with E-state index in [2.05, 4.69) is 5.32 Å². The summed E-state index contributed by atoms with van der Waals surface area (Å²) in [4.78, 5) is 23.9. The summed E-state index contributed by atoms with van der Waals surface area (Å²) in [6, 6.07) is 14.5. The number of benzene rings is 2. The lowest BCUT2D eigenvalue weighted by atomic mass is 9.97. The summed E-state index contributed by atoms with van der Waals surface area (Å²) in [6.45, 7) is 3.43. The Labute approximate surface area is 136 Å². The van der Waals surface area contributed by atoms with Gasteiger partial charge in [-0.2, -0.15) is 0 Å². The number of amides is 1. The van der Waals surface area contributed by atoms with Crippen LogP contribution in [0.3, 0.4) is 0 Å². The van der Waals surface area contributed by atoms with Crippen LogP contribution in [0.4, 0.5) is 0 Å². The first-order chi connectivity index (χ1) is 11.0. The highest BCUT2D eigenvalue weighted by Gasteiger charge is 2.18. The van der Waals surface area contributed by atoms with Gasteiger partial charge in [0.25, 0.3) is 0 Å². The molecule has 0 fully saturated rings. The van der Waals surface area contributed by atoms with Gasteiger partial charge in [0.15, 0.2) is 5.78 Å². The fraction of sp³-hybridized carbons (Fsp3) is 0.263. The molecule has 2 aromatic carbocycles. The van der Waals surface area contributed by atoms with E-state index in [9.17, 15) is 9.59 Å². The van der Waals surface area contributed by atoms with Gasteiger partial charge in [0.05, 0.1) is 13.2 Å². The summed E-state index contributed by atoms with van der Waals surface area (Å²) in [5.74, 6) is 0.572. The predicted molar refractivity (Wildman–Crippen MR) is 89.7 cm³/mol. The van der Waals surface area contributed by atoms with E-state index >= 15 is 0 Å². The van der Waals surface area contributed by atoms with Crippen molar-refractivity contribution in [2.75, 3.05) is 7.11 Å². The Bertz CT molecular complexity index is 675. The third-order valence-corrected chi connectivity index (χ3v) is 3.66. The van der Waals surface area contributed by atoms with Gasteiger partial charge in [-0.15, -0.1) is 0 Å². The molecular formula is C19H21NO3. The van der Waals surface area contributed by atoms with Crippen LogP contribution in [0, 0.1) is 6.92 Å². The Morgan fingerprint density at radius 3 is 2.17 bits per heavy atom. The molecule has 4 heteroatoms. The monoisotopic (exact) mass is 311 g/mol. The standard InChI is InChI=1S/C19H21NO3/c1-13-4-6-16(7-5-13)19(22)12-18(20-14(2)21)15-8-10-17(23-3)11-9-15/h4-11,18H,12H2,1-3H3,(H,20,21). The van der Waals surface area contributed by atoms with Crippen LogP contribution in [0.2, 0.25) is 0 Å². The largest absolute Gasteiger partial charge is 0.497 e. The van der Waals surface area contributed by atoms with Crippen LogP contribution in [0.25, 0.3) is 0 Å². The Balaban J connectivity index is 2.18. The first kappa shape index (κ1) is 16.7. The molecule has 0 aliphatic rings. The van der Waals surface area contributed by atoms with Crippen molar-refractivity contribution in [1.29, 1.82) is 0 Å². The number of ketones is 1. The number of hydrogen-bond acceptors (Lipinski definition) is 3. The molecule has 2 aromatic rings. The molecule has 1 amide bonds. The van der Waals surface area contributed by atoms with Crippen LogP contribution in [-0.2, 0) is 4.79 Å². The molecular weight excluding hydrogens is 290 g/mol. The van der Waals surface area contributed by atoms with Gasteiger partial charge in [-0.25, -0.2) is 0 Å². The van der Waals surface area contributed by atoms with Gasteiger partial charge in [0, 0.05) is 18.9 Å². The average molecular weight is 311 g/mol. The molecule has 0 aliphatic carbocycles. The topological polar surface area (TPSA) is 55.4 Å². The highest BCUT2D eigenvalue weighted by molar-refractivity contribution is 5.96. The SMILES string of the molecule is COc1ccc(C(CC(=O)c2ccc(C)cc2)NC(C)=O)cc1. The Kier molecular flexibility index (Phi) is 5.52. The van der Waals surface area contributed by atoms with E-state index in [-0.39, 0.29) is 24.2 Å². The van der Waals surface area contributed by atoms with Crippen LogP contribution < -0.4 is 10.1 Å². The maximum Gasteiger partial charge on any atom is 0.217 e. The maximum absolute atomic E-state index is 12.5. The first-order valence-corrected chi connectivity index (χ1v) is 7.50. The number of ether oxygens (including phenoxy) is 1. The highest BCUT2D eigenvalue weighted by atomic mass is 16.5. The molecule has 1 atom stereocenters. The van der Waals surface area contributed by atoms with Crippen molar-refractivity contribution in [1.82, 2.24) is 5.32 Å². The Morgan fingerprint density at radius 1 is 1.04 bits per heavy atom. The first-order valence-electron chi connectivity index (χ1n) is 7.50. The number of hydrogen-bond donors (Lipinski definition) is 1. The fourth-order valence-electron chi connectivity index (χ4n) is 2.38. The second-order valence-electron chi connectivity index (χ2n) is 5.52. The summed E-state index contributed by atoms with van der Waals surface area (Å²) in [5, 5.41) is 2.85. The van der Waals surface area contributed by atoms with Gasteiger partial charge in [0.2, 0.25) is 5.91 Å². The van der Waals surface area contributed by atoms with Gasteiger partial charge in [0.1, 0.15) is 5.75 Å². The molecule has 0 bridgehead atoms. The molecule has 0 radical (unpaired) electrons. The number of Topliss-reactive ketones (excluding diaryl/α,β-unsaturated/α-hetero) is 1. The van der Waals surface area contributed by atoms with Crippen molar-refractivity contribution < 1.29 is 14.3 Å². The molecule has 2 rings (SSSR count). The van der Waals surface area contributed by atoms with E-state index in [1.165, 1.54) is 6.92 Å². The second-order valence-corrected chi connectivity index (χ2v) is 5.52. The van der Waals surface area contributed by atoms with Gasteiger partial charge >= 0.3 is 0 Å². The van der Waals surface area contributed by atoms with Crippen LogP contribution in [-0.4, -0.2) is 18.8 Å². The molecule has 1 unspecified atom stereocenters. The van der Waals surface area contributed by atoms with E-state index < -0.39 is 0 Å². The minimum absolute atomic E-state index is 0.000400. The van der Waals surface area contributed by atoms with E-state index in [1.807, 2.05) is 55.5 Å². The average Bonchev–Trinajstić information content (AvgIpc) is 2.54. The van der Waals surface area contributed by atoms with Gasteiger partial charge in [-0.1, -0.05) is 42.0 Å². The number of carbonyl (C=O) groups excluding carboxylic acids is 2. The molecule has 4 nitrogen and oxygen atoms in total. The Morgan fingerprint density at radius 2 is 1.65 bits per heavy atom. The summed E-state index contributed by atoms with van der Waals surface area (Å²) < 4.78 is 5.14. The second kappa shape index (κ2) is 7.58. The molecule has 0 aromatic heterocycles. The third kappa shape index (κ3) is 4.68. The fourth-order valence-corrected chi connectivity index (χ4v) is 2.38. The number of carbonyl (C=O) groups is 2. The van der Waals surface area contributed by atoms with Gasteiger partial charge < -0.3 is 10.1 Å². The lowest BCUT2D eigenvalue weighted by Gasteiger charge is -2.18. The van der Waals surface area contributed by atoms with Crippen LogP contribution in [0.1, 0.15) is 40.9 Å². The van der Waals surface area contributed by atoms with Crippen LogP contribution in [0.5, 0.6) is 5.75 Å². The van der Waals surface area contributed by atoms with Crippen molar-refractivity contribution in [2.45, 2.75) is 26.3 Å². The Hall–Kier alpha value is -2.62. The van der Waals surface area contributed by atoms with Crippen molar-refractivity contribution in [3.05, 3.63) is 65.2 Å². The van der Waals surface area contributed by atoms with Crippen molar-refractivity contribution >= 4 is 11.7 Å². The minimum Gasteiger partial charge on any atom is -0.497 e. The molecule has 120 valence electrons. The lowest BCUT2D eigenvalue weighted by molar-refractivity contribution is -0.119. The van der Waals surface area contributed by atoms with Crippen molar-refractivity contribution in [2.24, 2.45) is 0 Å². The zero-order chi connectivity index (χ0) is 16.8. The molecule has 0 spiro atoms. The normalized spacial score (nSPS) is 11.6. The van der Waals surface area contributed by atoms with E-state index in [0.717, 1.165) is 16.9 Å². The number of methoxy groups -OCH3 is 1. The summed E-state index contributed by atoms with van der Waals surface area (Å²) in [7, 11) is 1.60. The zero-order valence-electron chi connectivity index (χ0n) is 13.6. The zero-order valence-corrected chi connectivity index (χ0v) is 13.6. The molecule has 0 heterocycles. The molecule has 0 saturated carbocycles. The number of aryl methyl sites for hydroxylation is 1. The highest BCUT2D eigenvalue weighted by Crippen LogP contribution is 2.22. The number of rotatable bonds is 6.